The number of hydrogen-bond donors (Lipinski definition) is 0. The minimum absolute atomic E-state index is 0.0145. The van der Waals surface area contributed by atoms with Gasteiger partial charge >= 0.3 is 0 Å². The number of carbonyl (C=O) groups is 1. The van der Waals surface area contributed by atoms with Crippen molar-refractivity contribution in [3.63, 3.8) is 0 Å². The molecule has 1 aromatic carbocycles. The Balaban J connectivity index is 2.28. The van der Waals surface area contributed by atoms with Gasteiger partial charge in [0.1, 0.15) is 0 Å². The Morgan fingerprint density at radius 1 is 0.880 bits per heavy atom. The number of benzene rings is 1. The van der Waals surface area contributed by atoms with Crippen molar-refractivity contribution in [2.75, 3.05) is 52.5 Å². The zero-order chi connectivity index (χ0) is 18.2. The van der Waals surface area contributed by atoms with E-state index in [-0.39, 0.29) is 5.91 Å². The molecule has 1 saturated heterocycles. The molecule has 1 aliphatic heterocycles. The van der Waals surface area contributed by atoms with Crippen LogP contribution in [0, 0.1) is 0 Å². The second-order valence-electron chi connectivity index (χ2n) is 5.83. The Morgan fingerprint density at radius 2 is 1.40 bits per heavy atom. The summed E-state index contributed by atoms with van der Waals surface area (Å²) in [5.41, 5.74) is 0.584. The minimum Gasteiger partial charge on any atom is -0.490 e. The molecule has 6 heteroatoms. The van der Waals surface area contributed by atoms with Gasteiger partial charge in [-0.05, 0) is 39.4 Å². The monoisotopic (exact) mass is 350 g/mol. The number of hydrogen-bond acceptors (Lipinski definition) is 5. The van der Waals surface area contributed by atoms with Gasteiger partial charge in [0.2, 0.25) is 5.75 Å². The molecule has 2 rings (SSSR count). The topological polar surface area (TPSA) is 51.2 Å². The molecule has 1 heterocycles. The van der Waals surface area contributed by atoms with Crippen LogP contribution in [0.1, 0.15) is 38.1 Å². The van der Waals surface area contributed by atoms with Gasteiger partial charge in [-0.3, -0.25) is 4.79 Å². The molecule has 0 bridgehead atoms. The first kappa shape index (κ1) is 19.4. The van der Waals surface area contributed by atoms with Crippen LogP contribution in [0.2, 0.25) is 0 Å². The third kappa shape index (κ3) is 4.78. The molecule has 1 aliphatic rings. The van der Waals surface area contributed by atoms with Crippen molar-refractivity contribution in [2.45, 2.75) is 27.7 Å². The molecule has 0 aromatic heterocycles. The maximum absolute atomic E-state index is 12.9. The third-order valence-electron chi connectivity index (χ3n) is 4.26. The van der Waals surface area contributed by atoms with Gasteiger partial charge in [0.15, 0.2) is 11.5 Å². The Hall–Kier alpha value is -1.95. The summed E-state index contributed by atoms with van der Waals surface area (Å²) in [5.74, 6) is 1.70. The Morgan fingerprint density at radius 3 is 1.84 bits per heavy atom. The molecule has 6 nitrogen and oxygen atoms in total. The molecule has 0 N–H and O–H groups in total. The van der Waals surface area contributed by atoms with E-state index in [9.17, 15) is 4.79 Å². The number of likely N-dealkylation sites (N-methyl/N-ethyl adjacent to an activating group) is 1. The number of rotatable bonds is 8. The summed E-state index contributed by atoms with van der Waals surface area (Å²) in [6.07, 6.45) is 0. The van der Waals surface area contributed by atoms with Gasteiger partial charge in [0, 0.05) is 31.7 Å². The molecule has 0 unspecified atom stereocenters. The van der Waals surface area contributed by atoms with E-state index in [1.165, 1.54) is 0 Å². The first-order chi connectivity index (χ1) is 12.1. The fraction of sp³-hybridized carbons (Fsp3) is 0.632. The van der Waals surface area contributed by atoms with Crippen LogP contribution < -0.4 is 14.2 Å². The van der Waals surface area contributed by atoms with Crippen molar-refractivity contribution >= 4 is 5.91 Å². The molecular formula is C19H30N2O4. The van der Waals surface area contributed by atoms with Crippen molar-refractivity contribution in [1.29, 1.82) is 0 Å². The number of nitrogens with zero attached hydrogens (tertiary/aromatic N) is 2. The van der Waals surface area contributed by atoms with Gasteiger partial charge in [0.25, 0.3) is 5.91 Å². The van der Waals surface area contributed by atoms with Gasteiger partial charge in [0.05, 0.1) is 19.8 Å². The van der Waals surface area contributed by atoms with E-state index in [1.807, 2.05) is 25.7 Å². The number of ether oxygens (including phenoxy) is 3. The number of piperazine rings is 1. The van der Waals surface area contributed by atoms with Crippen LogP contribution in [0.15, 0.2) is 12.1 Å². The largest absolute Gasteiger partial charge is 0.490 e. The smallest absolute Gasteiger partial charge is 0.254 e. The molecular weight excluding hydrogens is 320 g/mol. The van der Waals surface area contributed by atoms with E-state index >= 15 is 0 Å². The Kier molecular flexibility index (Phi) is 7.37. The van der Waals surface area contributed by atoms with Crippen LogP contribution in [0.5, 0.6) is 17.2 Å². The molecule has 1 fully saturated rings. The van der Waals surface area contributed by atoms with E-state index in [1.54, 1.807) is 12.1 Å². The summed E-state index contributed by atoms with van der Waals surface area (Å²) < 4.78 is 17.1. The average molecular weight is 350 g/mol. The third-order valence-corrected chi connectivity index (χ3v) is 4.26. The first-order valence-corrected chi connectivity index (χ1v) is 9.22. The number of amides is 1. The predicted octanol–water partition coefficient (Wildman–Crippen LogP) is 2.66. The normalized spacial score (nSPS) is 15.1. The SMILES string of the molecule is CCOc1cc(C(=O)N2CCN(CC)CC2)cc(OCC)c1OCC. The predicted molar refractivity (Wildman–Crippen MR) is 98.0 cm³/mol. The molecule has 0 aliphatic carbocycles. The van der Waals surface area contributed by atoms with Gasteiger partial charge in [-0.25, -0.2) is 0 Å². The molecule has 1 aromatic rings. The Bertz CT molecular complexity index is 542. The van der Waals surface area contributed by atoms with E-state index in [2.05, 4.69) is 11.8 Å². The van der Waals surface area contributed by atoms with Crippen molar-refractivity contribution in [3.05, 3.63) is 17.7 Å². The Labute approximate surface area is 150 Å². The molecule has 1 amide bonds. The van der Waals surface area contributed by atoms with Gasteiger partial charge in [-0.2, -0.15) is 0 Å². The van der Waals surface area contributed by atoms with Crippen molar-refractivity contribution in [3.8, 4) is 17.2 Å². The van der Waals surface area contributed by atoms with Crippen LogP contribution in [0.25, 0.3) is 0 Å². The van der Waals surface area contributed by atoms with Crippen LogP contribution in [0.3, 0.4) is 0 Å². The molecule has 0 atom stereocenters. The molecule has 0 spiro atoms. The van der Waals surface area contributed by atoms with Crippen LogP contribution in [-0.4, -0.2) is 68.3 Å². The molecule has 140 valence electrons. The second-order valence-corrected chi connectivity index (χ2v) is 5.83. The highest BCUT2D eigenvalue weighted by Crippen LogP contribution is 2.39. The van der Waals surface area contributed by atoms with E-state index in [0.717, 1.165) is 32.7 Å². The van der Waals surface area contributed by atoms with E-state index in [4.69, 9.17) is 14.2 Å². The summed E-state index contributed by atoms with van der Waals surface area (Å²) >= 11 is 0. The number of carbonyl (C=O) groups excluding carboxylic acids is 1. The molecule has 0 saturated carbocycles. The van der Waals surface area contributed by atoms with Gasteiger partial charge < -0.3 is 24.0 Å². The first-order valence-electron chi connectivity index (χ1n) is 9.22. The summed E-state index contributed by atoms with van der Waals surface area (Å²) in [7, 11) is 0. The van der Waals surface area contributed by atoms with Crippen molar-refractivity contribution < 1.29 is 19.0 Å². The zero-order valence-corrected chi connectivity index (χ0v) is 15.8. The summed E-state index contributed by atoms with van der Waals surface area (Å²) in [6.45, 7) is 13.7. The van der Waals surface area contributed by atoms with Crippen LogP contribution >= 0.6 is 0 Å². The van der Waals surface area contributed by atoms with Crippen molar-refractivity contribution in [1.82, 2.24) is 9.80 Å². The highest BCUT2D eigenvalue weighted by molar-refractivity contribution is 5.95. The minimum atomic E-state index is 0.0145. The fourth-order valence-electron chi connectivity index (χ4n) is 2.96. The zero-order valence-electron chi connectivity index (χ0n) is 15.8. The summed E-state index contributed by atoms with van der Waals surface area (Å²) in [6, 6.07) is 3.54. The lowest BCUT2D eigenvalue weighted by atomic mass is 10.1. The quantitative estimate of drug-likeness (QED) is 0.721. The van der Waals surface area contributed by atoms with Crippen LogP contribution in [0.4, 0.5) is 0 Å². The summed E-state index contributed by atoms with van der Waals surface area (Å²) in [4.78, 5) is 17.2. The summed E-state index contributed by atoms with van der Waals surface area (Å²) in [5, 5.41) is 0. The van der Waals surface area contributed by atoms with Gasteiger partial charge in [-0.1, -0.05) is 6.92 Å². The second kappa shape index (κ2) is 9.51. The van der Waals surface area contributed by atoms with Gasteiger partial charge in [-0.15, -0.1) is 0 Å². The van der Waals surface area contributed by atoms with Crippen LogP contribution in [-0.2, 0) is 0 Å². The van der Waals surface area contributed by atoms with E-state index in [0.29, 0.717) is 42.6 Å². The lowest BCUT2D eigenvalue weighted by Gasteiger charge is -2.34. The fourth-order valence-corrected chi connectivity index (χ4v) is 2.96. The van der Waals surface area contributed by atoms with E-state index < -0.39 is 0 Å². The highest BCUT2D eigenvalue weighted by atomic mass is 16.5. The highest BCUT2D eigenvalue weighted by Gasteiger charge is 2.24. The van der Waals surface area contributed by atoms with Crippen molar-refractivity contribution in [2.24, 2.45) is 0 Å². The lowest BCUT2D eigenvalue weighted by molar-refractivity contribution is 0.0642. The maximum Gasteiger partial charge on any atom is 0.254 e. The average Bonchev–Trinajstić information content (AvgIpc) is 2.64. The lowest BCUT2D eigenvalue weighted by Crippen LogP contribution is -2.48. The molecule has 0 radical (unpaired) electrons. The maximum atomic E-state index is 12.9. The molecule has 25 heavy (non-hydrogen) atoms. The standard InChI is InChI=1S/C19H30N2O4/c1-5-20-9-11-21(12-10-20)19(22)15-13-16(23-6-2)18(25-8-4)17(14-15)24-7-3/h13-14H,5-12H2,1-4H3.